The maximum Gasteiger partial charge on any atom is 0.220 e. The number of nitrogens with one attached hydrogen (secondary N) is 2. The zero-order valence-electron chi connectivity index (χ0n) is 15.1. The van der Waals surface area contributed by atoms with E-state index in [0.717, 1.165) is 24.3 Å². The molecule has 3 unspecified atom stereocenters. The summed E-state index contributed by atoms with van der Waals surface area (Å²) in [6.07, 6.45) is 8.50. The second-order valence-corrected chi connectivity index (χ2v) is 7.14. The molecule has 25 heavy (non-hydrogen) atoms. The van der Waals surface area contributed by atoms with E-state index in [0.29, 0.717) is 18.3 Å². The van der Waals surface area contributed by atoms with Crippen molar-refractivity contribution in [1.82, 2.24) is 20.2 Å². The number of aromatic nitrogens is 2. The lowest BCUT2D eigenvalue weighted by molar-refractivity contribution is -0.123. The van der Waals surface area contributed by atoms with Gasteiger partial charge in [0.2, 0.25) is 5.91 Å². The highest BCUT2D eigenvalue weighted by atomic mass is 16.1. The van der Waals surface area contributed by atoms with Crippen molar-refractivity contribution >= 4 is 5.91 Å². The number of imidazole rings is 1. The molecule has 2 N–H and O–H groups in total. The fourth-order valence-corrected chi connectivity index (χ4v) is 3.57. The number of rotatable bonds is 6. The Morgan fingerprint density at radius 3 is 3.04 bits per heavy atom. The number of nitrogens with zero attached hydrogens (tertiary/aromatic N) is 2. The van der Waals surface area contributed by atoms with E-state index in [2.05, 4.69) is 34.7 Å². The molecule has 1 aliphatic heterocycles. The lowest BCUT2D eigenvalue weighted by atomic mass is 9.85. The summed E-state index contributed by atoms with van der Waals surface area (Å²) < 4.78 is 1.97. The number of hydrogen-bond donors (Lipinski definition) is 2. The van der Waals surface area contributed by atoms with Gasteiger partial charge in [-0.25, -0.2) is 4.98 Å². The van der Waals surface area contributed by atoms with Crippen molar-refractivity contribution in [1.29, 1.82) is 0 Å². The van der Waals surface area contributed by atoms with Crippen LogP contribution in [-0.4, -0.2) is 28.5 Å². The first-order chi connectivity index (χ1) is 12.1. The van der Waals surface area contributed by atoms with Gasteiger partial charge in [-0.3, -0.25) is 4.79 Å². The topological polar surface area (TPSA) is 59.0 Å². The highest BCUT2D eigenvalue weighted by molar-refractivity contribution is 5.76. The maximum atomic E-state index is 12.4. The summed E-state index contributed by atoms with van der Waals surface area (Å²) in [5.41, 5.74) is 2.16. The van der Waals surface area contributed by atoms with Crippen LogP contribution in [0.15, 0.2) is 43.0 Å². The minimum Gasteiger partial charge on any atom is -0.350 e. The number of piperidine rings is 1. The van der Waals surface area contributed by atoms with Gasteiger partial charge in [0.05, 0.1) is 12.4 Å². The van der Waals surface area contributed by atoms with Crippen LogP contribution < -0.4 is 10.6 Å². The van der Waals surface area contributed by atoms with Gasteiger partial charge in [0.15, 0.2) is 0 Å². The van der Waals surface area contributed by atoms with Gasteiger partial charge in [-0.15, -0.1) is 0 Å². The van der Waals surface area contributed by atoms with Gasteiger partial charge in [-0.2, -0.15) is 0 Å². The van der Waals surface area contributed by atoms with Crippen molar-refractivity contribution < 1.29 is 4.79 Å². The predicted molar refractivity (Wildman–Crippen MR) is 99.5 cm³/mol. The third kappa shape index (κ3) is 4.69. The molecule has 5 heteroatoms. The molecule has 3 atom stereocenters. The Morgan fingerprint density at radius 2 is 2.32 bits per heavy atom. The lowest BCUT2D eigenvalue weighted by Gasteiger charge is -2.28. The molecular weight excluding hydrogens is 312 g/mol. The van der Waals surface area contributed by atoms with Gasteiger partial charge in [-0.05, 0) is 62.4 Å². The van der Waals surface area contributed by atoms with Gasteiger partial charge < -0.3 is 15.2 Å². The molecule has 134 valence electrons. The third-order valence-electron chi connectivity index (χ3n) is 5.20. The van der Waals surface area contributed by atoms with Crippen LogP contribution in [0.5, 0.6) is 0 Å². The predicted octanol–water partition coefficient (Wildman–Crippen LogP) is 3.08. The van der Waals surface area contributed by atoms with Crippen LogP contribution >= 0.6 is 0 Å². The first kappa shape index (κ1) is 17.7. The molecule has 0 saturated carbocycles. The Bertz CT molecular complexity index is 677. The minimum absolute atomic E-state index is 0.00680. The SMILES string of the molecule is CC(NC(=O)CC(C)C1CCCNC1)c1cccc(-n2ccnc2)c1. The minimum atomic E-state index is -0.00680. The molecule has 2 heterocycles. The summed E-state index contributed by atoms with van der Waals surface area (Å²) in [6, 6.07) is 8.20. The molecule has 5 nitrogen and oxygen atoms in total. The molecule has 1 fully saturated rings. The van der Waals surface area contributed by atoms with Crippen molar-refractivity contribution in [2.75, 3.05) is 13.1 Å². The van der Waals surface area contributed by atoms with Crippen LogP contribution in [0.25, 0.3) is 5.69 Å². The van der Waals surface area contributed by atoms with E-state index in [1.807, 2.05) is 29.8 Å². The third-order valence-corrected chi connectivity index (χ3v) is 5.20. The monoisotopic (exact) mass is 340 g/mol. The van der Waals surface area contributed by atoms with E-state index in [1.54, 1.807) is 12.5 Å². The molecule has 1 amide bonds. The van der Waals surface area contributed by atoms with Crippen LogP contribution in [0.1, 0.15) is 44.7 Å². The van der Waals surface area contributed by atoms with E-state index in [4.69, 9.17) is 0 Å². The Kier molecular flexibility index (Phi) is 5.87. The standard InChI is InChI=1S/C20H28N4O/c1-15(18-6-4-8-21-13-18)11-20(25)23-16(2)17-5-3-7-19(12-17)24-10-9-22-14-24/h3,5,7,9-10,12,14-16,18,21H,4,6,8,11,13H2,1-2H3,(H,23,25). The van der Waals surface area contributed by atoms with E-state index in [9.17, 15) is 4.79 Å². The van der Waals surface area contributed by atoms with Crippen LogP contribution in [0.3, 0.4) is 0 Å². The normalized spacial score (nSPS) is 20.0. The molecule has 1 aromatic carbocycles. The molecule has 0 bridgehead atoms. The number of amides is 1. The van der Waals surface area contributed by atoms with Gasteiger partial charge in [0, 0.05) is 24.5 Å². The van der Waals surface area contributed by atoms with Crippen LogP contribution in [0.4, 0.5) is 0 Å². The van der Waals surface area contributed by atoms with Gasteiger partial charge in [0.25, 0.3) is 0 Å². The Hall–Kier alpha value is -2.14. The zero-order valence-corrected chi connectivity index (χ0v) is 15.1. The Balaban J connectivity index is 1.57. The van der Waals surface area contributed by atoms with Gasteiger partial charge in [-0.1, -0.05) is 19.1 Å². The number of carbonyl (C=O) groups excluding carboxylic acids is 1. The van der Waals surface area contributed by atoms with E-state index >= 15 is 0 Å². The van der Waals surface area contributed by atoms with Crippen molar-refractivity contribution in [3.05, 3.63) is 48.5 Å². The van der Waals surface area contributed by atoms with Crippen molar-refractivity contribution in [2.45, 2.75) is 39.2 Å². The fourth-order valence-electron chi connectivity index (χ4n) is 3.57. The average molecular weight is 340 g/mol. The lowest BCUT2D eigenvalue weighted by Crippen LogP contribution is -2.36. The molecule has 0 aliphatic carbocycles. The molecule has 1 saturated heterocycles. The fraction of sp³-hybridized carbons (Fsp3) is 0.500. The Morgan fingerprint density at radius 1 is 1.44 bits per heavy atom. The Labute approximate surface area is 149 Å². The van der Waals surface area contributed by atoms with Gasteiger partial charge in [0.1, 0.15) is 0 Å². The molecule has 0 radical (unpaired) electrons. The summed E-state index contributed by atoms with van der Waals surface area (Å²) in [6.45, 7) is 6.38. The number of hydrogen-bond acceptors (Lipinski definition) is 3. The molecule has 2 aromatic rings. The van der Waals surface area contributed by atoms with Gasteiger partial charge >= 0.3 is 0 Å². The molecule has 1 aromatic heterocycles. The first-order valence-electron chi connectivity index (χ1n) is 9.22. The molecule has 3 rings (SSSR count). The van der Waals surface area contributed by atoms with E-state index < -0.39 is 0 Å². The summed E-state index contributed by atoms with van der Waals surface area (Å²) in [4.78, 5) is 16.5. The largest absolute Gasteiger partial charge is 0.350 e. The zero-order chi connectivity index (χ0) is 17.6. The average Bonchev–Trinajstić information content (AvgIpc) is 3.17. The number of benzene rings is 1. The maximum absolute atomic E-state index is 12.4. The van der Waals surface area contributed by atoms with Crippen LogP contribution in [0.2, 0.25) is 0 Å². The highest BCUT2D eigenvalue weighted by Gasteiger charge is 2.22. The summed E-state index contributed by atoms with van der Waals surface area (Å²) >= 11 is 0. The van der Waals surface area contributed by atoms with Crippen molar-refractivity contribution in [3.8, 4) is 5.69 Å². The molecular formula is C20H28N4O. The van der Waals surface area contributed by atoms with Crippen molar-refractivity contribution in [3.63, 3.8) is 0 Å². The quantitative estimate of drug-likeness (QED) is 0.850. The first-order valence-corrected chi connectivity index (χ1v) is 9.22. The smallest absolute Gasteiger partial charge is 0.220 e. The number of carbonyl (C=O) groups is 1. The van der Waals surface area contributed by atoms with E-state index in [-0.39, 0.29) is 11.9 Å². The summed E-state index contributed by atoms with van der Waals surface area (Å²) in [5.74, 6) is 1.16. The summed E-state index contributed by atoms with van der Waals surface area (Å²) in [5, 5.41) is 6.59. The van der Waals surface area contributed by atoms with Crippen molar-refractivity contribution in [2.24, 2.45) is 11.8 Å². The molecule has 1 aliphatic rings. The molecule has 0 spiro atoms. The van der Waals surface area contributed by atoms with Crippen LogP contribution in [-0.2, 0) is 4.79 Å². The summed E-state index contributed by atoms with van der Waals surface area (Å²) in [7, 11) is 0. The second-order valence-electron chi connectivity index (χ2n) is 7.14. The van der Waals surface area contributed by atoms with E-state index in [1.165, 1.54) is 12.8 Å². The second kappa shape index (κ2) is 8.30. The highest BCUT2D eigenvalue weighted by Crippen LogP contribution is 2.23. The van der Waals surface area contributed by atoms with Crippen LogP contribution in [0, 0.1) is 11.8 Å².